The van der Waals surface area contributed by atoms with E-state index in [9.17, 15) is 0 Å². The molecule has 1 unspecified atom stereocenters. The third-order valence-electron chi connectivity index (χ3n) is 3.16. The number of hydrogen-bond acceptors (Lipinski definition) is 2. The van der Waals surface area contributed by atoms with Crippen molar-refractivity contribution in [1.82, 2.24) is 5.32 Å². The highest BCUT2D eigenvalue weighted by Crippen LogP contribution is 2.24. The van der Waals surface area contributed by atoms with Crippen LogP contribution in [0.4, 0.5) is 0 Å². The second kappa shape index (κ2) is 6.04. The smallest absolute Gasteiger partial charge is 0.0931 e. The third-order valence-corrected chi connectivity index (χ3v) is 4.45. The maximum Gasteiger partial charge on any atom is 0.0931 e. The van der Waals surface area contributed by atoms with E-state index in [0.717, 1.165) is 16.3 Å². The van der Waals surface area contributed by atoms with Crippen molar-refractivity contribution in [3.05, 3.63) is 21.3 Å². The molecule has 0 spiro atoms. The summed E-state index contributed by atoms with van der Waals surface area (Å²) in [5.74, 6) is 0.812. The van der Waals surface area contributed by atoms with Crippen LogP contribution in [0.3, 0.4) is 0 Å². The Labute approximate surface area is 107 Å². The molecule has 0 bridgehead atoms. The van der Waals surface area contributed by atoms with E-state index in [1.807, 2.05) is 6.07 Å². The van der Waals surface area contributed by atoms with Gasteiger partial charge in [-0.1, -0.05) is 18.5 Å². The molecule has 1 aliphatic rings. The second-order valence-electron chi connectivity index (χ2n) is 4.87. The molecule has 1 aliphatic carbocycles. The molecule has 1 aromatic heterocycles. The molecule has 1 fully saturated rings. The first kappa shape index (κ1) is 12.4. The number of halogens is 1. The third kappa shape index (κ3) is 4.44. The van der Waals surface area contributed by atoms with E-state index in [1.165, 1.54) is 43.5 Å². The first-order chi connectivity index (χ1) is 7.74. The summed E-state index contributed by atoms with van der Waals surface area (Å²) in [6.45, 7) is 3.54. The van der Waals surface area contributed by atoms with Crippen LogP contribution >= 0.6 is 22.9 Å². The van der Waals surface area contributed by atoms with Gasteiger partial charge >= 0.3 is 0 Å². The van der Waals surface area contributed by atoms with Crippen molar-refractivity contribution in [3.63, 3.8) is 0 Å². The summed E-state index contributed by atoms with van der Waals surface area (Å²) in [4.78, 5) is 1.42. The number of thiophene rings is 1. The van der Waals surface area contributed by atoms with Crippen LogP contribution in [-0.2, 0) is 6.42 Å². The number of rotatable bonds is 7. The lowest BCUT2D eigenvalue weighted by atomic mass is 10.0. The molecule has 0 aromatic carbocycles. The predicted octanol–water partition coefficient (Wildman–Crippen LogP) is 4.11. The molecule has 1 nitrogen and oxygen atoms in total. The Bertz CT molecular complexity index is 319. The first-order valence-electron chi connectivity index (χ1n) is 6.21. The molecule has 1 N–H and O–H groups in total. The molecule has 0 aliphatic heterocycles. The summed E-state index contributed by atoms with van der Waals surface area (Å²) in [5, 5.41) is 3.57. The highest BCUT2D eigenvalue weighted by atomic mass is 35.5. The Balaban J connectivity index is 1.57. The second-order valence-corrected chi connectivity index (χ2v) is 6.67. The van der Waals surface area contributed by atoms with E-state index in [4.69, 9.17) is 11.6 Å². The average Bonchev–Trinajstić information content (AvgIpc) is 2.98. The monoisotopic (exact) mass is 257 g/mol. The Morgan fingerprint density at radius 2 is 2.25 bits per heavy atom. The average molecular weight is 258 g/mol. The summed E-state index contributed by atoms with van der Waals surface area (Å²) in [5.41, 5.74) is 0. The highest BCUT2D eigenvalue weighted by Gasteiger charge is 2.19. The van der Waals surface area contributed by atoms with Crippen molar-refractivity contribution in [2.24, 2.45) is 5.92 Å². The Morgan fingerprint density at radius 1 is 1.44 bits per heavy atom. The largest absolute Gasteiger partial charge is 0.314 e. The zero-order valence-electron chi connectivity index (χ0n) is 9.84. The van der Waals surface area contributed by atoms with Gasteiger partial charge in [-0.05, 0) is 56.7 Å². The van der Waals surface area contributed by atoms with Gasteiger partial charge in [-0.25, -0.2) is 0 Å². The summed E-state index contributed by atoms with van der Waals surface area (Å²) >= 11 is 7.63. The Hall–Kier alpha value is -0.0500. The summed E-state index contributed by atoms with van der Waals surface area (Å²) in [6.07, 6.45) is 6.55. The minimum Gasteiger partial charge on any atom is -0.314 e. The van der Waals surface area contributed by atoms with E-state index < -0.39 is 0 Å². The molecule has 0 saturated heterocycles. The highest BCUT2D eigenvalue weighted by molar-refractivity contribution is 7.16. The zero-order valence-corrected chi connectivity index (χ0v) is 11.4. The molecular weight excluding hydrogens is 238 g/mol. The summed E-state index contributed by atoms with van der Waals surface area (Å²) < 4.78 is 0.915. The van der Waals surface area contributed by atoms with Crippen LogP contribution in [0.2, 0.25) is 4.34 Å². The van der Waals surface area contributed by atoms with E-state index in [1.54, 1.807) is 11.3 Å². The maximum absolute atomic E-state index is 5.91. The van der Waals surface area contributed by atoms with Gasteiger partial charge in [0.1, 0.15) is 0 Å². The molecule has 0 radical (unpaired) electrons. The molecule has 3 heteroatoms. The van der Waals surface area contributed by atoms with E-state index in [2.05, 4.69) is 18.3 Å². The fraction of sp³-hybridized carbons (Fsp3) is 0.692. The molecule has 1 atom stereocenters. The lowest BCUT2D eigenvalue weighted by Gasteiger charge is -2.10. The molecular formula is C13H20ClNS. The molecule has 1 saturated carbocycles. The van der Waals surface area contributed by atoms with Crippen LogP contribution < -0.4 is 5.32 Å². The van der Waals surface area contributed by atoms with E-state index >= 15 is 0 Å². The molecule has 1 heterocycles. The van der Waals surface area contributed by atoms with Crippen molar-refractivity contribution in [3.8, 4) is 0 Å². The SMILES string of the molecule is CC(CCNC1CC1)CCc1ccc(Cl)s1. The van der Waals surface area contributed by atoms with E-state index in [0.29, 0.717) is 0 Å². The molecule has 90 valence electrons. The zero-order chi connectivity index (χ0) is 11.4. The fourth-order valence-electron chi connectivity index (χ4n) is 1.84. The minimum atomic E-state index is 0.812. The Morgan fingerprint density at radius 3 is 2.88 bits per heavy atom. The van der Waals surface area contributed by atoms with Gasteiger partial charge in [0, 0.05) is 10.9 Å². The van der Waals surface area contributed by atoms with E-state index in [-0.39, 0.29) is 0 Å². The van der Waals surface area contributed by atoms with Gasteiger partial charge in [-0.2, -0.15) is 0 Å². The standard InChI is InChI=1S/C13H20ClNS/c1-10(8-9-15-11-3-4-11)2-5-12-6-7-13(14)16-12/h6-7,10-11,15H,2-5,8-9H2,1H3. The van der Waals surface area contributed by atoms with Gasteiger partial charge in [-0.15, -0.1) is 11.3 Å². The van der Waals surface area contributed by atoms with Gasteiger partial charge in [0.25, 0.3) is 0 Å². The van der Waals surface area contributed by atoms with Crippen molar-refractivity contribution in [2.75, 3.05) is 6.54 Å². The van der Waals surface area contributed by atoms with Gasteiger partial charge < -0.3 is 5.32 Å². The van der Waals surface area contributed by atoms with Crippen LogP contribution in [-0.4, -0.2) is 12.6 Å². The van der Waals surface area contributed by atoms with Crippen molar-refractivity contribution in [2.45, 2.75) is 45.1 Å². The first-order valence-corrected chi connectivity index (χ1v) is 7.41. The quantitative estimate of drug-likeness (QED) is 0.775. The number of aryl methyl sites for hydroxylation is 1. The molecule has 2 rings (SSSR count). The van der Waals surface area contributed by atoms with Crippen LogP contribution in [0, 0.1) is 5.92 Å². The number of hydrogen-bond donors (Lipinski definition) is 1. The topological polar surface area (TPSA) is 12.0 Å². The van der Waals surface area contributed by atoms with Crippen LogP contribution in [0.1, 0.15) is 37.5 Å². The van der Waals surface area contributed by atoms with Gasteiger partial charge in [0.15, 0.2) is 0 Å². The lowest BCUT2D eigenvalue weighted by Crippen LogP contribution is -2.19. The van der Waals surface area contributed by atoms with Crippen molar-refractivity contribution >= 4 is 22.9 Å². The minimum absolute atomic E-state index is 0.812. The number of nitrogens with one attached hydrogen (secondary N) is 1. The fourth-order valence-corrected chi connectivity index (χ4v) is 2.94. The maximum atomic E-state index is 5.91. The van der Waals surface area contributed by atoms with Crippen molar-refractivity contribution < 1.29 is 0 Å². The molecule has 1 aromatic rings. The summed E-state index contributed by atoms with van der Waals surface area (Å²) in [6, 6.07) is 5.01. The van der Waals surface area contributed by atoms with Gasteiger partial charge in [-0.3, -0.25) is 0 Å². The van der Waals surface area contributed by atoms with Crippen molar-refractivity contribution in [1.29, 1.82) is 0 Å². The molecule has 16 heavy (non-hydrogen) atoms. The lowest BCUT2D eigenvalue weighted by molar-refractivity contribution is 0.470. The van der Waals surface area contributed by atoms with Gasteiger partial charge in [0.2, 0.25) is 0 Å². The van der Waals surface area contributed by atoms with Crippen LogP contribution in [0.15, 0.2) is 12.1 Å². The van der Waals surface area contributed by atoms with Crippen LogP contribution in [0.25, 0.3) is 0 Å². The van der Waals surface area contributed by atoms with Gasteiger partial charge in [0.05, 0.1) is 4.34 Å². The molecule has 0 amide bonds. The predicted molar refractivity (Wildman–Crippen MR) is 72.5 cm³/mol. The summed E-state index contributed by atoms with van der Waals surface area (Å²) in [7, 11) is 0. The Kier molecular flexibility index (Phi) is 4.68. The van der Waals surface area contributed by atoms with Crippen LogP contribution in [0.5, 0.6) is 0 Å². The normalized spacial score (nSPS) is 17.6.